The molecular weight excluding hydrogens is 355 g/mol. The Hall–Kier alpha value is -2.31. The molecule has 0 amide bonds. The smallest absolute Gasteiger partial charge is 0.423 e. The highest BCUT2D eigenvalue weighted by Crippen LogP contribution is 2.37. The highest BCUT2D eigenvalue weighted by molar-refractivity contribution is 5.58. The van der Waals surface area contributed by atoms with Crippen molar-refractivity contribution in [3.05, 3.63) is 41.6 Å². The van der Waals surface area contributed by atoms with Crippen LogP contribution >= 0.6 is 0 Å². The van der Waals surface area contributed by atoms with Crippen molar-refractivity contribution in [2.45, 2.75) is 57.7 Å². The van der Waals surface area contributed by atoms with Crippen LogP contribution in [0.25, 0.3) is 0 Å². The van der Waals surface area contributed by atoms with Gasteiger partial charge in [0.05, 0.1) is 0 Å². The monoisotopic (exact) mass is 379 g/mol. The van der Waals surface area contributed by atoms with Crippen LogP contribution in [0.2, 0.25) is 0 Å². The molecule has 7 heteroatoms. The molecule has 1 fully saturated rings. The van der Waals surface area contributed by atoms with Crippen molar-refractivity contribution in [1.29, 1.82) is 0 Å². The molecule has 0 saturated heterocycles. The molecule has 1 aromatic heterocycles. The number of aromatic nitrogens is 2. The average molecular weight is 379 g/mol. The Morgan fingerprint density at radius 3 is 2.52 bits per heavy atom. The SMILES string of the molecule is CC(C)c1cccc(N(C)c2ncc(C(F)(F)F)c(OC3CCCC3)n2)c1. The lowest BCUT2D eigenvalue weighted by Gasteiger charge is -2.22. The maximum Gasteiger partial charge on any atom is 0.423 e. The van der Waals surface area contributed by atoms with Gasteiger partial charge in [0.1, 0.15) is 11.7 Å². The Morgan fingerprint density at radius 2 is 1.89 bits per heavy atom. The first kappa shape index (κ1) is 19.5. The highest BCUT2D eigenvalue weighted by atomic mass is 19.4. The summed E-state index contributed by atoms with van der Waals surface area (Å²) in [5.74, 6) is 0.135. The van der Waals surface area contributed by atoms with Crippen LogP contribution in [0.5, 0.6) is 5.88 Å². The first-order valence-electron chi connectivity index (χ1n) is 9.20. The Kier molecular flexibility index (Phi) is 5.58. The van der Waals surface area contributed by atoms with Crippen molar-refractivity contribution in [3.8, 4) is 5.88 Å². The van der Waals surface area contributed by atoms with Crippen molar-refractivity contribution in [2.24, 2.45) is 0 Å². The number of hydrogen-bond donors (Lipinski definition) is 0. The molecule has 0 atom stereocenters. The molecule has 4 nitrogen and oxygen atoms in total. The number of ether oxygens (including phenoxy) is 1. The van der Waals surface area contributed by atoms with Crippen LogP contribution in [0.1, 0.15) is 56.6 Å². The summed E-state index contributed by atoms with van der Waals surface area (Å²) in [5, 5.41) is 0. The summed E-state index contributed by atoms with van der Waals surface area (Å²) in [7, 11) is 1.74. The normalized spacial score (nSPS) is 15.4. The molecule has 0 unspecified atom stereocenters. The van der Waals surface area contributed by atoms with Gasteiger partial charge in [-0.2, -0.15) is 18.2 Å². The summed E-state index contributed by atoms with van der Waals surface area (Å²) in [6.07, 6.45) is -0.523. The molecule has 0 spiro atoms. The van der Waals surface area contributed by atoms with Crippen molar-refractivity contribution in [2.75, 3.05) is 11.9 Å². The summed E-state index contributed by atoms with van der Waals surface area (Å²) in [6.45, 7) is 4.17. The van der Waals surface area contributed by atoms with Gasteiger partial charge in [0.25, 0.3) is 0 Å². The van der Waals surface area contributed by atoms with Gasteiger partial charge in [0.15, 0.2) is 0 Å². The van der Waals surface area contributed by atoms with E-state index < -0.39 is 11.7 Å². The Labute approximate surface area is 157 Å². The molecule has 3 rings (SSSR count). The number of nitrogens with zero attached hydrogens (tertiary/aromatic N) is 3. The van der Waals surface area contributed by atoms with Gasteiger partial charge in [-0.15, -0.1) is 0 Å². The number of hydrogen-bond acceptors (Lipinski definition) is 4. The van der Waals surface area contributed by atoms with Crippen molar-refractivity contribution < 1.29 is 17.9 Å². The number of rotatable bonds is 5. The maximum absolute atomic E-state index is 13.3. The second-order valence-electron chi connectivity index (χ2n) is 7.22. The summed E-state index contributed by atoms with van der Waals surface area (Å²) < 4.78 is 45.7. The zero-order chi connectivity index (χ0) is 19.6. The predicted octanol–water partition coefficient (Wildman–Crippen LogP) is 5.71. The number of alkyl halides is 3. The first-order chi connectivity index (χ1) is 12.8. The lowest BCUT2D eigenvalue weighted by Crippen LogP contribution is -2.20. The van der Waals surface area contributed by atoms with Gasteiger partial charge in [0.2, 0.25) is 11.8 Å². The topological polar surface area (TPSA) is 38.2 Å². The minimum absolute atomic E-state index is 0.178. The molecule has 1 aromatic carbocycles. The fourth-order valence-corrected chi connectivity index (χ4v) is 3.18. The molecule has 1 saturated carbocycles. The van der Waals surface area contributed by atoms with Crippen LogP contribution in [0.15, 0.2) is 30.5 Å². The predicted molar refractivity (Wildman–Crippen MR) is 98.5 cm³/mol. The Bertz CT molecular complexity index is 786. The first-order valence-corrected chi connectivity index (χ1v) is 9.20. The zero-order valence-corrected chi connectivity index (χ0v) is 15.8. The van der Waals surface area contributed by atoms with Crippen molar-refractivity contribution in [1.82, 2.24) is 9.97 Å². The highest BCUT2D eigenvalue weighted by Gasteiger charge is 2.37. The van der Waals surface area contributed by atoms with Crippen LogP contribution < -0.4 is 9.64 Å². The van der Waals surface area contributed by atoms with Gasteiger partial charge < -0.3 is 9.64 Å². The second-order valence-corrected chi connectivity index (χ2v) is 7.22. The van der Waals surface area contributed by atoms with Crippen LogP contribution in [0, 0.1) is 0 Å². The molecule has 0 bridgehead atoms. The molecule has 146 valence electrons. The minimum atomic E-state index is -4.55. The molecule has 0 aliphatic heterocycles. The summed E-state index contributed by atoms with van der Waals surface area (Å²) in [4.78, 5) is 9.75. The van der Waals surface area contributed by atoms with Gasteiger partial charge in [-0.3, -0.25) is 0 Å². The zero-order valence-electron chi connectivity index (χ0n) is 15.8. The Balaban J connectivity index is 1.94. The fraction of sp³-hybridized carbons (Fsp3) is 0.500. The molecule has 27 heavy (non-hydrogen) atoms. The third-order valence-electron chi connectivity index (χ3n) is 4.85. The van der Waals surface area contributed by atoms with E-state index in [-0.39, 0.29) is 17.9 Å². The fourth-order valence-electron chi connectivity index (χ4n) is 3.18. The second kappa shape index (κ2) is 7.74. The number of benzene rings is 1. The largest absolute Gasteiger partial charge is 0.474 e. The van der Waals surface area contributed by atoms with E-state index in [9.17, 15) is 13.2 Å². The van der Waals surface area contributed by atoms with E-state index in [1.807, 2.05) is 24.3 Å². The minimum Gasteiger partial charge on any atom is -0.474 e. The van der Waals surface area contributed by atoms with E-state index in [0.29, 0.717) is 5.92 Å². The molecule has 1 heterocycles. The van der Waals surface area contributed by atoms with E-state index in [0.717, 1.165) is 43.1 Å². The molecule has 1 aliphatic carbocycles. The van der Waals surface area contributed by atoms with Gasteiger partial charge in [0, 0.05) is 18.9 Å². The van der Waals surface area contributed by atoms with E-state index in [1.54, 1.807) is 11.9 Å². The van der Waals surface area contributed by atoms with E-state index >= 15 is 0 Å². The van der Waals surface area contributed by atoms with Crippen molar-refractivity contribution in [3.63, 3.8) is 0 Å². The standard InChI is InChI=1S/C20H24F3N3O/c1-13(2)14-7-6-8-15(11-14)26(3)19-24-12-17(20(21,22)23)18(25-19)27-16-9-4-5-10-16/h6-8,11-13,16H,4-5,9-10H2,1-3H3. The van der Waals surface area contributed by atoms with Crippen molar-refractivity contribution >= 4 is 11.6 Å². The van der Waals surface area contributed by atoms with Gasteiger partial charge >= 0.3 is 6.18 Å². The van der Waals surface area contributed by atoms with Gasteiger partial charge in [-0.25, -0.2) is 4.98 Å². The molecule has 2 aromatic rings. The number of halogens is 3. The third-order valence-corrected chi connectivity index (χ3v) is 4.85. The lowest BCUT2D eigenvalue weighted by atomic mass is 10.0. The summed E-state index contributed by atoms with van der Waals surface area (Å²) >= 11 is 0. The molecule has 0 radical (unpaired) electrons. The Morgan fingerprint density at radius 1 is 1.19 bits per heavy atom. The van der Waals surface area contributed by atoms with Gasteiger partial charge in [-0.1, -0.05) is 26.0 Å². The summed E-state index contributed by atoms with van der Waals surface area (Å²) in [5.41, 5.74) is 1.02. The van der Waals surface area contributed by atoms with E-state index in [2.05, 4.69) is 23.8 Å². The van der Waals surface area contributed by atoms with E-state index in [4.69, 9.17) is 4.74 Å². The van der Waals surface area contributed by atoms with Crippen LogP contribution in [0.3, 0.4) is 0 Å². The van der Waals surface area contributed by atoms with Gasteiger partial charge in [-0.05, 0) is 49.3 Å². The van der Waals surface area contributed by atoms with Crippen LogP contribution in [-0.4, -0.2) is 23.1 Å². The maximum atomic E-state index is 13.3. The van der Waals surface area contributed by atoms with E-state index in [1.165, 1.54) is 0 Å². The summed E-state index contributed by atoms with van der Waals surface area (Å²) in [6, 6.07) is 7.80. The quantitative estimate of drug-likeness (QED) is 0.667. The average Bonchev–Trinajstić information content (AvgIpc) is 3.13. The molecular formula is C20H24F3N3O. The molecule has 1 aliphatic rings. The molecule has 0 N–H and O–H groups in total. The lowest BCUT2D eigenvalue weighted by molar-refractivity contribution is -0.139. The third kappa shape index (κ3) is 4.51. The van der Waals surface area contributed by atoms with Crippen LogP contribution in [-0.2, 0) is 6.18 Å². The number of anilines is 2. The van der Waals surface area contributed by atoms with Crippen LogP contribution in [0.4, 0.5) is 24.8 Å².